The van der Waals surface area contributed by atoms with Crippen molar-refractivity contribution in [2.45, 2.75) is 6.54 Å². The summed E-state index contributed by atoms with van der Waals surface area (Å²) in [6.45, 7) is 0.784. The second kappa shape index (κ2) is 5.32. The van der Waals surface area contributed by atoms with E-state index in [0.29, 0.717) is 5.56 Å². The number of fused-ring (bicyclic) bond motifs is 1. The molecule has 20 heavy (non-hydrogen) atoms. The van der Waals surface area contributed by atoms with Crippen molar-refractivity contribution in [3.63, 3.8) is 0 Å². The number of benzene rings is 1. The van der Waals surface area contributed by atoms with Crippen LogP contribution < -0.4 is 4.90 Å². The number of pyridine rings is 1. The molecule has 0 spiro atoms. The smallest absolute Gasteiger partial charge is 0.103 e. The van der Waals surface area contributed by atoms with E-state index in [2.05, 4.69) is 32.8 Å². The molecule has 0 N–H and O–H groups in total. The maximum atomic E-state index is 9.34. The summed E-state index contributed by atoms with van der Waals surface area (Å²) in [4.78, 5) is 6.46. The molecule has 2 aromatic heterocycles. The van der Waals surface area contributed by atoms with Gasteiger partial charge in [-0.1, -0.05) is 18.2 Å². The first-order valence-corrected chi connectivity index (χ1v) is 7.24. The molecule has 1 aromatic carbocycles. The zero-order chi connectivity index (χ0) is 13.9. The number of para-hydroxylation sites is 1. The minimum atomic E-state index is 0.612. The third-order valence-corrected chi connectivity index (χ3v) is 3.98. The van der Waals surface area contributed by atoms with Crippen LogP contribution in [0.5, 0.6) is 0 Å². The third-order valence-electron chi connectivity index (χ3n) is 3.25. The molecule has 3 rings (SSSR count). The van der Waals surface area contributed by atoms with Crippen molar-refractivity contribution < 1.29 is 0 Å². The Hall–Kier alpha value is -2.38. The average molecular weight is 279 g/mol. The lowest BCUT2D eigenvalue weighted by Gasteiger charge is -2.21. The molecule has 3 nitrogen and oxygen atoms in total. The van der Waals surface area contributed by atoms with Gasteiger partial charge in [0.1, 0.15) is 6.07 Å². The maximum absolute atomic E-state index is 9.34. The largest absolute Gasteiger partial charge is 0.369 e. The summed E-state index contributed by atoms with van der Waals surface area (Å²) in [5.41, 5.74) is 3.73. The van der Waals surface area contributed by atoms with Crippen molar-refractivity contribution >= 4 is 27.9 Å². The molecule has 2 heterocycles. The fraction of sp³-hybridized carbons (Fsp3) is 0.125. The molecular weight excluding hydrogens is 266 g/mol. The topological polar surface area (TPSA) is 39.9 Å². The van der Waals surface area contributed by atoms with E-state index in [4.69, 9.17) is 0 Å². The first-order chi connectivity index (χ1) is 9.79. The molecule has 4 heteroatoms. The number of nitrogens with zero attached hydrogens (tertiary/aromatic N) is 3. The quantitative estimate of drug-likeness (QED) is 0.732. The second-order valence-corrected chi connectivity index (χ2v) is 5.42. The SMILES string of the molecule is CN(Cc1ccsc1)c1c(C#N)cnc2ccccc12. The van der Waals surface area contributed by atoms with E-state index in [1.165, 1.54) is 5.56 Å². The van der Waals surface area contributed by atoms with Crippen LogP contribution in [0.3, 0.4) is 0 Å². The summed E-state index contributed by atoms with van der Waals surface area (Å²) in [5.74, 6) is 0. The molecular formula is C16H13N3S. The first kappa shape index (κ1) is 12.6. The van der Waals surface area contributed by atoms with Gasteiger partial charge in [0.05, 0.1) is 16.8 Å². The molecule has 0 aliphatic heterocycles. The minimum Gasteiger partial charge on any atom is -0.369 e. The Labute approximate surface area is 121 Å². The van der Waals surface area contributed by atoms with Gasteiger partial charge >= 0.3 is 0 Å². The van der Waals surface area contributed by atoms with Crippen molar-refractivity contribution in [2.24, 2.45) is 0 Å². The van der Waals surface area contributed by atoms with E-state index in [-0.39, 0.29) is 0 Å². The van der Waals surface area contributed by atoms with Crippen LogP contribution in [-0.2, 0) is 6.54 Å². The molecule has 0 fully saturated rings. The molecule has 0 saturated carbocycles. The van der Waals surface area contributed by atoms with Gasteiger partial charge < -0.3 is 4.90 Å². The van der Waals surface area contributed by atoms with Gasteiger partial charge in [0, 0.05) is 25.2 Å². The molecule has 0 atom stereocenters. The van der Waals surface area contributed by atoms with Crippen LogP contribution in [0.25, 0.3) is 10.9 Å². The van der Waals surface area contributed by atoms with Crippen LogP contribution in [-0.4, -0.2) is 12.0 Å². The van der Waals surface area contributed by atoms with Gasteiger partial charge in [-0.15, -0.1) is 0 Å². The molecule has 0 saturated heterocycles. The summed E-state index contributed by atoms with van der Waals surface area (Å²) in [5, 5.41) is 14.6. The Morgan fingerprint density at radius 2 is 2.15 bits per heavy atom. The van der Waals surface area contributed by atoms with Gasteiger partial charge in [0.2, 0.25) is 0 Å². The van der Waals surface area contributed by atoms with Gasteiger partial charge in [-0.3, -0.25) is 4.98 Å². The number of aromatic nitrogens is 1. The number of thiophene rings is 1. The van der Waals surface area contributed by atoms with Crippen LogP contribution in [0, 0.1) is 11.3 Å². The lowest BCUT2D eigenvalue weighted by molar-refractivity contribution is 0.929. The van der Waals surface area contributed by atoms with E-state index in [1.54, 1.807) is 17.5 Å². The van der Waals surface area contributed by atoms with Gasteiger partial charge in [0.15, 0.2) is 0 Å². The number of anilines is 1. The fourth-order valence-corrected chi connectivity index (χ4v) is 3.02. The molecule has 3 aromatic rings. The summed E-state index contributed by atoms with van der Waals surface area (Å²) in [6, 6.07) is 12.3. The Morgan fingerprint density at radius 1 is 1.30 bits per heavy atom. The molecule has 0 aliphatic carbocycles. The Morgan fingerprint density at radius 3 is 2.90 bits per heavy atom. The zero-order valence-corrected chi connectivity index (χ0v) is 11.9. The summed E-state index contributed by atoms with van der Waals surface area (Å²) in [6.07, 6.45) is 1.65. The highest BCUT2D eigenvalue weighted by Crippen LogP contribution is 2.29. The van der Waals surface area contributed by atoms with Crippen LogP contribution in [0.1, 0.15) is 11.1 Å². The van der Waals surface area contributed by atoms with Crippen LogP contribution in [0.4, 0.5) is 5.69 Å². The third kappa shape index (κ3) is 2.24. The highest BCUT2D eigenvalue weighted by atomic mass is 32.1. The Bertz CT molecular complexity index is 772. The van der Waals surface area contributed by atoms with E-state index in [0.717, 1.165) is 23.1 Å². The number of hydrogen-bond acceptors (Lipinski definition) is 4. The molecule has 0 bridgehead atoms. The highest BCUT2D eigenvalue weighted by Gasteiger charge is 2.13. The van der Waals surface area contributed by atoms with Crippen LogP contribution >= 0.6 is 11.3 Å². The summed E-state index contributed by atoms with van der Waals surface area (Å²) in [7, 11) is 2.01. The predicted octanol–water partition coefficient (Wildman–Crippen LogP) is 3.80. The lowest BCUT2D eigenvalue weighted by Crippen LogP contribution is -2.17. The van der Waals surface area contributed by atoms with Crippen LogP contribution in [0.2, 0.25) is 0 Å². The van der Waals surface area contributed by atoms with E-state index >= 15 is 0 Å². The van der Waals surface area contributed by atoms with Gasteiger partial charge in [-0.2, -0.15) is 16.6 Å². The van der Waals surface area contributed by atoms with Crippen molar-refractivity contribution in [2.75, 3.05) is 11.9 Å². The van der Waals surface area contributed by atoms with Gasteiger partial charge in [0.25, 0.3) is 0 Å². The Balaban J connectivity index is 2.11. The average Bonchev–Trinajstić information content (AvgIpc) is 2.98. The first-order valence-electron chi connectivity index (χ1n) is 6.29. The standard InChI is InChI=1S/C16H13N3S/c1-19(10-12-6-7-20-11-12)16-13(8-17)9-18-15-5-3-2-4-14(15)16/h2-7,9,11H,10H2,1H3. The second-order valence-electron chi connectivity index (χ2n) is 4.64. The van der Waals surface area contributed by atoms with E-state index in [9.17, 15) is 5.26 Å². The number of rotatable bonds is 3. The normalized spacial score (nSPS) is 10.4. The van der Waals surface area contributed by atoms with Crippen molar-refractivity contribution in [1.82, 2.24) is 4.98 Å². The Kier molecular flexibility index (Phi) is 3.36. The molecule has 0 aliphatic rings. The number of hydrogen-bond donors (Lipinski definition) is 0. The van der Waals surface area contributed by atoms with E-state index in [1.807, 2.05) is 31.3 Å². The van der Waals surface area contributed by atoms with Crippen LogP contribution in [0.15, 0.2) is 47.3 Å². The van der Waals surface area contributed by atoms with Crippen molar-refractivity contribution in [3.05, 3.63) is 58.4 Å². The van der Waals surface area contributed by atoms with Gasteiger partial charge in [-0.05, 0) is 28.5 Å². The molecule has 0 unspecified atom stereocenters. The number of nitriles is 1. The van der Waals surface area contributed by atoms with E-state index < -0.39 is 0 Å². The summed E-state index contributed by atoms with van der Waals surface area (Å²) >= 11 is 1.69. The van der Waals surface area contributed by atoms with Crippen molar-refractivity contribution in [1.29, 1.82) is 5.26 Å². The predicted molar refractivity (Wildman–Crippen MR) is 82.9 cm³/mol. The highest BCUT2D eigenvalue weighted by molar-refractivity contribution is 7.07. The van der Waals surface area contributed by atoms with Crippen molar-refractivity contribution in [3.8, 4) is 6.07 Å². The van der Waals surface area contributed by atoms with Gasteiger partial charge in [-0.25, -0.2) is 0 Å². The minimum absolute atomic E-state index is 0.612. The molecule has 0 radical (unpaired) electrons. The molecule has 98 valence electrons. The summed E-state index contributed by atoms with van der Waals surface area (Å²) < 4.78 is 0. The lowest BCUT2D eigenvalue weighted by atomic mass is 10.1. The monoisotopic (exact) mass is 279 g/mol. The fourth-order valence-electron chi connectivity index (χ4n) is 2.36. The maximum Gasteiger partial charge on any atom is 0.103 e. The zero-order valence-electron chi connectivity index (χ0n) is 11.1. The molecule has 0 amide bonds.